The third-order valence-corrected chi connectivity index (χ3v) is 4.29. The van der Waals surface area contributed by atoms with Gasteiger partial charge in [-0.05, 0) is 17.7 Å². The Balaban J connectivity index is 1.59. The number of hydrogen-bond donors (Lipinski definition) is 3. The van der Waals surface area contributed by atoms with Gasteiger partial charge in [0.25, 0.3) is 0 Å². The van der Waals surface area contributed by atoms with Crippen LogP contribution in [0.3, 0.4) is 0 Å². The number of nitrogens with zero attached hydrogens (tertiary/aromatic N) is 3. The zero-order valence-corrected chi connectivity index (χ0v) is 16.1. The van der Waals surface area contributed by atoms with Crippen LogP contribution in [0, 0.1) is 0 Å². The Morgan fingerprint density at radius 1 is 1.14 bits per heavy atom. The number of pyridine rings is 1. The van der Waals surface area contributed by atoms with Crippen molar-refractivity contribution < 1.29 is 9.63 Å². The molecule has 2 heterocycles. The first kappa shape index (κ1) is 19.5. The maximum atomic E-state index is 11.0. The first-order valence-corrected chi connectivity index (χ1v) is 9.40. The quantitative estimate of drug-likeness (QED) is 0.321. The molecule has 3 aromatic rings. The summed E-state index contributed by atoms with van der Waals surface area (Å²) in [4.78, 5) is 29.5. The van der Waals surface area contributed by atoms with Gasteiger partial charge in [0.1, 0.15) is 5.69 Å². The molecule has 8 nitrogen and oxygen atoms in total. The Labute approximate surface area is 166 Å². The predicted octanol–water partition coefficient (Wildman–Crippen LogP) is 2.51. The zero-order valence-electron chi connectivity index (χ0n) is 15.3. The average molecular weight is 396 g/mol. The number of hydrogen-bond acceptors (Lipinski definition) is 6. The molecule has 0 aliphatic rings. The normalized spacial score (nSPS) is 11.2. The number of nitrogens with two attached hydrogens (primary N) is 1. The summed E-state index contributed by atoms with van der Waals surface area (Å²) in [5.74, 6) is 0.0131. The van der Waals surface area contributed by atoms with E-state index in [9.17, 15) is 4.79 Å². The minimum Gasteiger partial charge on any atom is -0.368 e. The van der Waals surface area contributed by atoms with E-state index >= 15 is 0 Å². The lowest BCUT2D eigenvalue weighted by Crippen LogP contribution is -2.31. The second kappa shape index (κ2) is 9.58. The van der Waals surface area contributed by atoms with Gasteiger partial charge in [0.2, 0.25) is 17.0 Å². The van der Waals surface area contributed by atoms with Gasteiger partial charge in [-0.15, -0.1) is 11.3 Å². The van der Waals surface area contributed by atoms with Gasteiger partial charge in [-0.3, -0.25) is 9.63 Å². The summed E-state index contributed by atoms with van der Waals surface area (Å²) >= 11 is 1.34. The maximum absolute atomic E-state index is 11.0. The summed E-state index contributed by atoms with van der Waals surface area (Å²) in [6.07, 6.45) is 0. The van der Waals surface area contributed by atoms with Crippen molar-refractivity contribution in [3.8, 4) is 11.4 Å². The van der Waals surface area contributed by atoms with E-state index < -0.39 is 0 Å². The van der Waals surface area contributed by atoms with E-state index in [1.807, 2.05) is 53.9 Å². The van der Waals surface area contributed by atoms with Crippen molar-refractivity contribution in [1.82, 2.24) is 20.8 Å². The highest BCUT2D eigenvalue weighted by atomic mass is 32.1. The minimum absolute atomic E-state index is 0.102. The molecule has 28 heavy (non-hydrogen) atoms. The van der Waals surface area contributed by atoms with Crippen molar-refractivity contribution in [2.24, 2.45) is 10.7 Å². The van der Waals surface area contributed by atoms with E-state index in [2.05, 4.69) is 25.8 Å². The van der Waals surface area contributed by atoms with Crippen LogP contribution in [0.2, 0.25) is 0 Å². The molecular formula is C19H20N6O2S. The lowest BCUT2D eigenvalue weighted by Gasteiger charge is -2.05. The Hall–Kier alpha value is -3.30. The Morgan fingerprint density at radius 2 is 1.96 bits per heavy atom. The van der Waals surface area contributed by atoms with E-state index in [4.69, 9.17) is 10.6 Å². The highest BCUT2D eigenvalue weighted by molar-refractivity contribution is 7.13. The molecule has 0 bridgehead atoms. The van der Waals surface area contributed by atoms with E-state index in [0.717, 1.165) is 11.3 Å². The summed E-state index contributed by atoms with van der Waals surface area (Å²) in [5.41, 5.74) is 11.6. The lowest BCUT2D eigenvalue weighted by molar-refractivity contribution is -0.119. The van der Waals surface area contributed by atoms with Crippen molar-refractivity contribution in [3.05, 3.63) is 65.2 Å². The Kier molecular flexibility index (Phi) is 6.66. The maximum Gasteiger partial charge on any atom is 0.220 e. The van der Waals surface area contributed by atoms with Gasteiger partial charge in [0.05, 0.1) is 24.5 Å². The molecule has 0 aliphatic heterocycles. The molecule has 1 aromatic carbocycles. The molecule has 0 fully saturated rings. The van der Waals surface area contributed by atoms with Crippen molar-refractivity contribution >= 4 is 28.3 Å². The van der Waals surface area contributed by atoms with Gasteiger partial charge in [-0.1, -0.05) is 36.4 Å². The first-order chi connectivity index (χ1) is 13.6. The lowest BCUT2D eigenvalue weighted by atomic mass is 10.2. The molecule has 0 saturated carbocycles. The zero-order chi connectivity index (χ0) is 19.8. The predicted molar refractivity (Wildman–Crippen MR) is 109 cm³/mol. The molecule has 0 spiro atoms. The second-order valence-corrected chi connectivity index (χ2v) is 6.65. The topological polar surface area (TPSA) is 115 Å². The Bertz CT molecular complexity index is 958. The molecule has 4 N–H and O–H groups in total. The highest BCUT2D eigenvalue weighted by Gasteiger charge is 2.07. The van der Waals surface area contributed by atoms with Crippen LogP contribution in [0.1, 0.15) is 18.2 Å². The molecule has 9 heteroatoms. The number of nitrogens with one attached hydrogen (secondary N) is 2. The molecule has 0 unspecified atom stereocenters. The van der Waals surface area contributed by atoms with Crippen molar-refractivity contribution in [1.29, 1.82) is 0 Å². The molecule has 0 saturated heterocycles. The molecule has 1 amide bonds. The summed E-state index contributed by atoms with van der Waals surface area (Å²) in [5, 5.41) is 5.06. The van der Waals surface area contributed by atoms with Gasteiger partial charge in [0.15, 0.2) is 0 Å². The average Bonchev–Trinajstić information content (AvgIpc) is 3.16. The van der Waals surface area contributed by atoms with E-state index in [0.29, 0.717) is 29.7 Å². The van der Waals surface area contributed by atoms with Crippen LogP contribution in [0.25, 0.3) is 11.4 Å². The molecular weight excluding hydrogens is 376 g/mol. The highest BCUT2D eigenvalue weighted by Crippen LogP contribution is 2.25. The largest absolute Gasteiger partial charge is 0.368 e. The first-order valence-electron chi connectivity index (χ1n) is 8.52. The van der Waals surface area contributed by atoms with Gasteiger partial charge in [-0.25, -0.2) is 15.4 Å². The molecule has 0 radical (unpaired) electrons. The van der Waals surface area contributed by atoms with E-state index in [1.165, 1.54) is 18.3 Å². The second-order valence-electron chi connectivity index (χ2n) is 5.81. The number of thiazole rings is 1. The van der Waals surface area contributed by atoms with Gasteiger partial charge >= 0.3 is 0 Å². The van der Waals surface area contributed by atoms with Crippen LogP contribution < -0.4 is 16.5 Å². The van der Waals surface area contributed by atoms with Crippen molar-refractivity contribution in [2.75, 3.05) is 0 Å². The number of amides is 1. The van der Waals surface area contributed by atoms with E-state index in [-0.39, 0.29) is 11.9 Å². The summed E-state index contributed by atoms with van der Waals surface area (Å²) < 4.78 is 0. The smallest absolute Gasteiger partial charge is 0.220 e. The monoisotopic (exact) mass is 396 g/mol. The standard InChI is InChI=1S/C19H20N6O2S/c1-13(26)21-10-15-8-5-9-16(22-15)17-12-28-19(23-17)24-18(20)25-27-11-14-6-3-2-4-7-14/h2-9,12H,10-11H2,1H3,(H,21,26)(H3,20,23,24,25). The van der Waals surface area contributed by atoms with Crippen LogP contribution in [0.4, 0.5) is 5.13 Å². The number of aliphatic imine (C=N–C) groups is 1. The van der Waals surface area contributed by atoms with Crippen LogP contribution in [-0.4, -0.2) is 21.8 Å². The summed E-state index contributed by atoms with van der Waals surface area (Å²) in [7, 11) is 0. The molecule has 3 rings (SSSR count). The minimum atomic E-state index is -0.102. The number of benzene rings is 1. The molecule has 144 valence electrons. The third-order valence-electron chi connectivity index (χ3n) is 3.55. The number of rotatable bonds is 7. The third kappa shape index (κ3) is 5.86. The van der Waals surface area contributed by atoms with Gasteiger partial charge in [-0.2, -0.15) is 4.99 Å². The fourth-order valence-corrected chi connectivity index (χ4v) is 2.96. The number of guanidine groups is 1. The van der Waals surface area contributed by atoms with Gasteiger partial charge in [0, 0.05) is 12.3 Å². The summed E-state index contributed by atoms with van der Waals surface area (Å²) in [6, 6.07) is 15.3. The molecule has 2 aromatic heterocycles. The number of carbonyl (C=O) groups is 1. The molecule has 0 aliphatic carbocycles. The number of carbonyl (C=O) groups excluding carboxylic acids is 1. The Morgan fingerprint density at radius 3 is 2.75 bits per heavy atom. The van der Waals surface area contributed by atoms with Gasteiger partial charge < -0.3 is 11.1 Å². The van der Waals surface area contributed by atoms with Crippen LogP contribution in [-0.2, 0) is 22.8 Å². The van der Waals surface area contributed by atoms with E-state index in [1.54, 1.807) is 0 Å². The fourth-order valence-electron chi connectivity index (χ4n) is 2.26. The summed E-state index contributed by atoms with van der Waals surface area (Å²) in [6.45, 7) is 2.20. The number of aromatic nitrogens is 2. The van der Waals surface area contributed by atoms with Crippen LogP contribution >= 0.6 is 11.3 Å². The SMILES string of the molecule is CC(=O)NCc1cccc(-c2csc(N=C(N)NOCc3ccccc3)n2)n1. The fraction of sp³-hybridized carbons (Fsp3) is 0.158. The van der Waals surface area contributed by atoms with Crippen molar-refractivity contribution in [2.45, 2.75) is 20.1 Å². The number of hydroxylamine groups is 1. The van der Waals surface area contributed by atoms with Crippen LogP contribution in [0.5, 0.6) is 0 Å². The molecule has 0 atom stereocenters. The van der Waals surface area contributed by atoms with Crippen molar-refractivity contribution in [3.63, 3.8) is 0 Å². The van der Waals surface area contributed by atoms with Crippen LogP contribution in [0.15, 0.2) is 58.9 Å².